The van der Waals surface area contributed by atoms with Crippen molar-refractivity contribution >= 4 is 22.5 Å². The second-order valence-corrected chi connectivity index (χ2v) is 7.25. The van der Waals surface area contributed by atoms with Crippen molar-refractivity contribution in [3.8, 4) is 11.4 Å². The lowest BCUT2D eigenvalue weighted by atomic mass is 10.1. The molecule has 7 heteroatoms. The van der Waals surface area contributed by atoms with Gasteiger partial charge in [0.15, 0.2) is 5.76 Å². The maximum absolute atomic E-state index is 13.5. The molecule has 0 radical (unpaired) electrons. The molecule has 5 nitrogen and oxygen atoms in total. The lowest BCUT2D eigenvalue weighted by Gasteiger charge is -2.18. The number of halogens is 2. The average Bonchev–Trinajstić information content (AvgIpc) is 3.27. The molecule has 5 rings (SSSR count). The monoisotopic (exact) mass is 397 g/mol. The van der Waals surface area contributed by atoms with Crippen LogP contribution in [0.25, 0.3) is 16.6 Å². The van der Waals surface area contributed by atoms with Crippen molar-refractivity contribution in [1.29, 1.82) is 0 Å². The largest absolute Gasteiger partial charge is 0.490 e. The average molecular weight is 398 g/mol. The minimum atomic E-state index is -0.248. The summed E-state index contributed by atoms with van der Waals surface area (Å²) in [5.41, 5.74) is 2.84. The lowest BCUT2D eigenvalue weighted by molar-refractivity contribution is 0.199. The zero-order valence-corrected chi connectivity index (χ0v) is 15.7. The van der Waals surface area contributed by atoms with E-state index in [0.29, 0.717) is 30.5 Å². The summed E-state index contributed by atoms with van der Waals surface area (Å²) in [5, 5.41) is 5.18. The third kappa shape index (κ3) is 3.15. The number of nitrogens with zero attached hydrogens (tertiary/aromatic N) is 3. The van der Waals surface area contributed by atoms with Crippen molar-refractivity contribution in [2.75, 3.05) is 13.2 Å². The van der Waals surface area contributed by atoms with Crippen LogP contribution in [0.3, 0.4) is 0 Å². The van der Waals surface area contributed by atoms with Crippen LogP contribution in [0.4, 0.5) is 4.39 Å². The summed E-state index contributed by atoms with van der Waals surface area (Å²) in [7, 11) is 0. The van der Waals surface area contributed by atoms with Gasteiger partial charge in [0.05, 0.1) is 23.3 Å². The van der Waals surface area contributed by atoms with Crippen LogP contribution in [0.1, 0.15) is 11.3 Å². The second-order valence-electron chi connectivity index (χ2n) is 6.84. The summed E-state index contributed by atoms with van der Waals surface area (Å²) >= 11 is 6.56. The Morgan fingerprint density at radius 3 is 2.93 bits per heavy atom. The third-order valence-electron chi connectivity index (χ3n) is 4.95. The molecule has 0 unspecified atom stereocenters. The number of fused-ring (bicyclic) bond motifs is 2. The molecule has 0 spiro atoms. The Hall–Kier alpha value is -2.83. The molecule has 2 aromatic carbocycles. The fraction of sp³-hybridized carbons (Fsp3) is 0.190. The lowest BCUT2D eigenvalue weighted by Crippen LogP contribution is -2.25. The third-order valence-corrected chi connectivity index (χ3v) is 5.24. The van der Waals surface area contributed by atoms with E-state index in [1.54, 1.807) is 12.3 Å². The summed E-state index contributed by atoms with van der Waals surface area (Å²) in [4.78, 5) is 2.23. The van der Waals surface area contributed by atoms with Gasteiger partial charge in [-0.05, 0) is 36.4 Å². The molecular weight excluding hydrogens is 381 g/mol. The highest BCUT2D eigenvalue weighted by atomic mass is 35.5. The van der Waals surface area contributed by atoms with Gasteiger partial charge in [0.2, 0.25) is 0 Å². The quantitative estimate of drug-likeness (QED) is 0.498. The highest BCUT2D eigenvalue weighted by Crippen LogP contribution is 2.35. The Morgan fingerprint density at radius 1 is 1.14 bits per heavy atom. The van der Waals surface area contributed by atoms with Crippen LogP contribution in [-0.2, 0) is 13.1 Å². The first-order valence-electron chi connectivity index (χ1n) is 9.01. The molecule has 0 aliphatic carbocycles. The van der Waals surface area contributed by atoms with E-state index in [0.717, 1.165) is 34.5 Å². The van der Waals surface area contributed by atoms with Crippen LogP contribution >= 0.6 is 11.6 Å². The van der Waals surface area contributed by atoms with Gasteiger partial charge in [-0.3, -0.25) is 4.90 Å². The number of rotatable bonds is 3. The topological polar surface area (TPSA) is 43.4 Å². The highest BCUT2D eigenvalue weighted by Gasteiger charge is 2.20. The normalized spacial score (nSPS) is 14.6. The maximum Gasteiger partial charge on any atom is 0.150 e. The minimum Gasteiger partial charge on any atom is -0.490 e. The Labute approximate surface area is 165 Å². The second kappa shape index (κ2) is 6.96. The van der Waals surface area contributed by atoms with Gasteiger partial charge in [0.1, 0.15) is 18.2 Å². The highest BCUT2D eigenvalue weighted by molar-refractivity contribution is 6.32. The predicted molar refractivity (Wildman–Crippen MR) is 104 cm³/mol. The number of hydrogen-bond acceptors (Lipinski definition) is 4. The summed E-state index contributed by atoms with van der Waals surface area (Å²) in [5.74, 6) is 1.28. The maximum atomic E-state index is 13.5. The Kier molecular flexibility index (Phi) is 4.30. The number of hydrogen-bond donors (Lipinski definition) is 0. The van der Waals surface area contributed by atoms with Crippen LogP contribution < -0.4 is 4.74 Å². The molecule has 0 saturated carbocycles. The Bertz CT molecular complexity index is 1140. The van der Waals surface area contributed by atoms with Crippen LogP contribution in [-0.4, -0.2) is 27.8 Å². The molecule has 4 aromatic rings. The van der Waals surface area contributed by atoms with Gasteiger partial charge in [0, 0.05) is 42.0 Å². The SMILES string of the molecule is Fc1ccc2c(ccn2-c2cc(Cl)c3c(c2)CN(Cc2ccno2)CCO3)c1. The predicted octanol–water partition coefficient (Wildman–Crippen LogP) is 4.81. The summed E-state index contributed by atoms with van der Waals surface area (Å²) < 4.78 is 26.7. The minimum absolute atomic E-state index is 0.248. The van der Waals surface area contributed by atoms with E-state index in [4.69, 9.17) is 20.9 Å². The fourth-order valence-electron chi connectivity index (χ4n) is 3.67. The van der Waals surface area contributed by atoms with E-state index in [9.17, 15) is 4.39 Å². The standard InChI is InChI=1S/C21H17ClFN3O2/c22-19-11-17(26-6-4-14-9-16(23)1-2-20(14)26)10-15-12-25(7-8-27-21(15)19)13-18-3-5-24-28-18/h1-6,9-11H,7-8,12-13H2. The molecule has 28 heavy (non-hydrogen) atoms. The number of benzene rings is 2. The fourth-order valence-corrected chi connectivity index (χ4v) is 3.95. The van der Waals surface area contributed by atoms with E-state index in [2.05, 4.69) is 16.1 Å². The van der Waals surface area contributed by atoms with E-state index in [1.165, 1.54) is 12.1 Å². The van der Waals surface area contributed by atoms with E-state index < -0.39 is 0 Å². The molecule has 0 bridgehead atoms. The van der Waals surface area contributed by atoms with Gasteiger partial charge in [-0.15, -0.1) is 0 Å². The molecule has 2 aromatic heterocycles. The van der Waals surface area contributed by atoms with Gasteiger partial charge in [-0.2, -0.15) is 0 Å². The van der Waals surface area contributed by atoms with Crippen molar-refractivity contribution in [3.63, 3.8) is 0 Å². The van der Waals surface area contributed by atoms with Gasteiger partial charge in [-0.25, -0.2) is 4.39 Å². The van der Waals surface area contributed by atoms with Crippen LogP contribution in [0.2, 0.25) is 5.02 Å². The molecule has 3 heterocycles. The Balaban J connectivity index is 1.53. The number of aromatic nitrogens is 2. The smallest absolute Gasteiger partial charge is 0.150 e. The molecule has 0 atom stereocenters. The Morgan fingerprint density at radius 2 is 2.07 bits per heavy atom. The van der Waals surface area contributed by atoms with Crippen LogP contribution in [0, 0.1) is 5.82 Å². The van der Waals surface area contributed by atoms with Crippen molar-refractivity contribution in [3.05, 3.63) is 77.0 Å². The molecular formula is C21H17ClFN3O2. The van der Waals surface area contributed by atoms with Gasteiger partial charge in [0.25, 0.3) is 0 Å². The molecule has 0 fully saturated rings. The first-order valence-corrected chi connectivity index (χ1v) is 9.39. The zero-order chi connectivity index (χ0) is 19.1. The summed E-state index contributed by atoms with van der Waals surface area (Å²) in [6, 6.07) is 12.5. The summed E-state index contributed by atoms with van der Waals surface area (Å²) in [6.45, 7) is 2.63. The first kappa shape index (κ1) is 17.3. The van der Waals surface area contributed by atoms with E-state index in [1.807, 2.05) is 29.0 Å². The molecule has 142 valence electrons. The zero-order valence-electron chi connectivity index (χ0n) is 14.9. The first-order chi connectivity index (χ1) is 13.7. The van der Waals surface area contributed by atoms with E-state index in [-0.39, 0.29) is 5.82 Å². The summed E-state index contributed by atoms with van der Waals surface area (Å²) in [6.07, 6.45) is 3.57. The molecule has 0 amide bonds. The van der Waals surface area contributed by atoms with Crippen molar-refractivity contribution < 1.29 is 13.7 Å². The van der Waals surface area contributed by atoms with Crippen LogP contribution in [0.15, 0.2) is 59.4 Å². The van der Waals surface area contributed by atoms with Gasteiger partial charge in [-0.1, -0.05) is 16.8 Å². The number of ether oxygens (including phenoxy) is 1. The molecule has 0 saturated heterocycles. The molecule has 1 aliphatic rings. The van der Waals surface area contributed by atoms with Gasteiger partial charge < -0.3 is 13.8 Å². The van der Waals surface area contributed by atoms with Crippen molar-refractivity contribution in [2.45, 2.75) is 13.1 Å². The van der Waals surface area contributed by atoms with Crippen molar-refractivity contribution in [2.24, 2.45) is 0 Å². The van der Waals surface area contributed by atoms with E-state index >= 15 is 0 Å². The van der Waals surface area contributed by atoms with Gasteiger partial charge >= 0.3 is 0 Å². The molecule has 0 N–H and O–H groups in total. The van der Waals surface area contributed by atoms with Crippen LogP contribution in [0.5, 0.6) is 5.75 Å². The molecule has 1 aliphatic heterocycles. The van der Waals surface area contributed by atoms with Crippen molar-refractivity contribution in [1.82, 2.24) is 14.6 Å².